The van der Waals surface area contributed by atoms with Crippen LogP contribution in [0.2, 0.25) is 5.02 Å². The average Bonchev–Trinajstić information content (AvgIpc) is 2.46. The summed E-state index contributed by atoms with van der Waals surface area (Å²) in [5.74, 6) is 0.854. The Kier molecular flexibility index (Phi) is 8.07. The Labute approximate surface area is 127 Å². The van der Waals surface area contributed by atoms with Crippen LogP contribution in [0, 0.1) is 0 Å². The molecule has 2 N–H and O–H groups in total. The van der Waals surface area contributed by atoms with Crippen LogP contribution in [0.4, 0.5) is 0 Å². The number of nitrogens with one attached hydrogen (secondary N) is 2. The van der Waals surface area contributed by atoms with Gasteiger partial charge in [-0.2, -0.15) is 0 Å². The van der Waals surface area contributed by atoms with Crippen LogP contribution >= 0.6 is 11.6 Å². The highest BCUT2D eigenvalue weighted by Crippen LogP contribution is 2.09. The van der Waals surface area contributed by atoms with Gasteiger partial charge in [-0.3, -0.25) is 0 Å². The summed E-state index contributed by atoms with van der Waals surface area (Å²) in [7, 11) is 2.11. The number of likely N-dealkylation sites (N-methyl/N-ethyl adjacent to an activating group) is 1. The lowest BCUT2D eigenvalue weighted by atomic mass is 10.2. The maximum atomic E-state index is 5.87. The Morgan fingerprint density at radius 1 is 1.20 bits per heavy atom. The minimum atomic E-state index is 0.649. The summed E-state index contributed by atoms with van der Waals surface area (Å²) < 4.78 is 0. The monoisotopic (exact) mass is 296 g/mol. The second-order valence-electron chi connectivity index (χ2n) is 4.64. The van der Waals surface area contributed by atoms with Gasteiger partial charge in [-0.25, -0.2) is 4.99 Å². The first-order valence-corrected chi connectivity index (χ1v) is 7.48. The maximum absolute atomic E-state index is 5.87. The summed E-state index contributed by atoms with van der Waals surface area (Å²) in [6.07, 6.45) is 0. The molecule has 0 atom stereocenters. The van der Waals surface area contributed by atoms with Crippen molar-refractivity contribution in [2.24, 2.45) is 4.99 Å². The number of halogens is 1. The van der Waals surface area contributed by atoms with E-state index in [2.05, 4.69) is 41.4 Å². The van der Waals surface area contributed by atoms with Crippen molar-refractivity contribution in [2.45, 2.75) is 20.4 Å². The summed E-state index contributed by atoms with van der Waals surface area (Å²) in [6.45, 7) is 8.67. The SMILES string of the molecule is CCNC(=NCc1ccc(Cl)cc1)NCCN(C)CC. The van der Waals surface area contributed by atoms with Crippen LogP contribution in [0.25, 0.3) is 0 Å². The zero-order valence-corrected chi connectivity index (χ0v) is 13.4. The van der Waals surface area contributed by atoms with Crippen molar-refractivity contribution < 1.29 is 0 Å². The summed E-state index contributed by atoms with van der Waals surface area (Å²) in [6, 6.07) is 7.78. The van der Waals surface area contributed by atoms with E-state index in [1.807, 2.05) is 24.3 Å². The number of rotatable bonds is 7. The molecule has 1 aromatic carbocycles. The van der Waals surface area contributed by atoms with Gasteiger partial charge in [0.05, 0.1) is 6.54 Å². The molecule has 0 radical (unpaired) electrons. The number of aliphatic imine (C=N–C) groups is 1. The van der Waals surface area contributed by atoms with E-state index < -0.39 is 0 Å². The molecule has 0 heterocycles. The van der Waals surface area contributed by atoms with Gasteiger partial charge in [-0.1, -0.05) is 30.7 Å². The van der Waals surface area contributed by atoms with Gasteiger partial charge in [0.25, 0.3) is 0 Å². The van der Waals surface area contributed by atoms with E-state index in [9.17, 15) is 0 Å². The summed E-state index contributed by atoms with van der Waals surface area (Å²) in [5.41, 5.74) is 1.15. The number of guanidine groups is 1. The molecule has 0 aliphatic carbocycles. The Bertz CT molecular complexity index is 403. The molecule has 0 amide bonds. The Morgan fingerprint density at radius 3 is 2.50 bits per heavy atom. The fraction of sp³-hybridized carbons (Fsp3) is 0.533. The molecule has 0 bridgehead atoms. The molecule has 0 spiro atoms. The zero-order chi connectivity index (χ0) is 14.8. The lowest BCUT2D eigenvalue weighted by Crippen LogP contribution is -2.40. The van der Waals surface area contributed by atoms with Crippen molar-refractivity contribution >= 4 is 17.6 Å². The molecule has 0 aliphatic rings. The summed E-state index contributed by atoms with van der Waals surface area (Å²) >= 11 is 5.87. The molecule has 20 heavy (non-hydrogen) atoms. The van der Waals surface area contributed by atoms with E-state index in [1.54, 1.807) is 0 Å². The van der Waals surface area contributed by atoms with Crippen LogP contribution in [0.15, 0.2) is 29.3 Å². The minimum absolute atomic E-state index is 0.649. The molecule has 0 saturated heterocycles. The predicted molar refractivity (Wildman–Crippen MR) is 87.4 cm³/mol. The minimum Gasteiger partial charge on any atom is -0.357 e. The zero-order valence-electron chi connectivity index (χ0n) is 12.6. The average molecular weight is 297 g/mol. The van der Waals surface area contributed by atoms with E-state index in [-0.39, 0.29) is 0 Å². The third kappa shape index (κ3) is 6.78. The first-order chi connectivity index (χ1) is 9.65. The van der Waals surface area contributed by atoms with Crippen LogP contribution in [0.5, 0.6) is 0 Å². The molecular weight excluding hydrogens is 272 g/mol. The van der Waals surface area contributed by atoms with Gasteiger partial charge >= 0.3 is 0 Å². The summed E-state index contributed by atoms with van der Waals surface area (Å²) in [5, 5.41) is 7.34. The molecule has 112 valence electrons. The van der Waals surface area contributed by atoms with E-state index in [0.29, 0.717) is 6.54 Å². The van der Waals surface area contributed by atoms with Crippen LogP contribution in [0.1, 0.15) is 19.4 Å². The standard InChI is InChI=1S/C15H25ClN4/c1-4-17-15(18-10-11-20(3)5-2)19-12-13-6-8-14(16)9-7-13/h6-9H,4-5,10-12H2,1-3H3,(H2,17,18,19). The molecule has 0 aromatic heterocycles. The summed E-state index contributed by atoms with van der Waals surface area (Å²) in [4.78, 5) is 6.83. The lowest BCUT2D eigenvalue weighted by Gasteiger charge is -2.16. The molecule has 0 saturated carbocycles. The van der Waals surface area contributed by atoms with Crippen LogP contribution < -0.4 is 10.6 Å². The van der Waals surface area contributed by atoms with Gasteiger partial charge in [0.1, 0.15) is 0 Å². The van der Waals surface area contributed by atoms with Gasteiger partial charge in [0.15, 0.2) is 5.96 Å². The fourth-order valence-corrected chi connectivity index (χ4v) is 1.75. The molecule has 4 nitrogen and oxygen atoms in total. The number of hydrogen-bond acceptors (Lipinski definition) is 2. The third-order valence-electron chi connectivity index (χ3n) is 3.00. The number of nitrogens with zero attached hydrogens (tertiary/aromatic N) is 2. The predicted octanol–water partition coefficient (Wildman–Crippen LogP) is 2.35. The maximum Gasteiger partial charge on any atom is 0.191 e. The highest BCUT2D eigenvalue weighted by atomic mass is 35.5. The Morgan fingerprint density at radius 2 is 1.90 bits per heavy atom. The van der Waals surface area contributed by atoms with Crippen molar-refractivity contribution in [3.8, 4) is 0 Å². The lowest BCUT2D eigenvalue weighted by molar-refractivity contribution is 0.357. The van der Waals surface area contributed by atoms with E-state index in [1.165, 1.54) is 0 Å². The largest absolute Gasteiger partial charge is 0.357 e. The normalized spacial score (nSPS) is 11.8. The second-order valence-corrected chi connectivity index (χ2v) is 5.08. The molecule has 0 aliphatic heterocycles. The first kappa shape index (κ1) is 16.8. The van der Waals surface area contributed by atoms with E-state index in [0.717, 1.165) is 42.7 Å². The molecule has 1 aromatic rings. The molecule has 1 rings (SSSR count). The van der Waals surface area contributed by atoms with Gasteiger partial charge < -0.3 is 15.5 Å². The molecule has 0 unspecified atom stereocenters. The van der Waals surface area contributed by atoms with Crippen molar-refractivity contribution in [2.75, 3.05) is 33.2 Å². The van der Waals surface area contributed by atoms with Crippen molar-refractivity contribution in [1.29, 1.82) is 0 Å². The third-order valence-corrected chi connectivity index (χ3v) is 3.26. The smallest absolute Gasteiger partial charge is 0.191 e. The van der Waals surface area contributed by atoms with Crippen molar-refractivity contribution in [3.05, 3.63) is 34.9 Å². The highest BCUT2D eigenvalue weighted by molar-refractivity contribution is 6.30. The molecule has 5 heteroatoms. The van der Waals surface area contributed by atoms with Crippen LogP contribution in [-0.2, 0) is 6.54 Å². The number of hydrogen-bond donors (Lipinski definition) is 2. The second kappa shape index (κ2) is 9.61. The van der Waals surface area contributed by atoms with Gasteiger partial charge in [0.2, 0.25) is 0 Å². The molecular formula is C15H25ClN4. The topological polar surface area (TPSA) is 39.7 Å². The van der Waals surface area contributed by atoms with E-state index >= 15 is 0 Å². The quantitative estimate of drug-likeness (QED) is 0.599. The Balaban J connectivity index is 2.47. The van der Waals surface area contributed by atoms with Gasteiger partial charge in [0, 0.05) is 24.7 Å². The fourth-order valence-electron chi connectivity index (χ4n) is 1.63. The number of benzene rings is 1. The van der Waals surface area contributed by atoms with Crippen molar-refractivity contribution in [3.63, 3.8) is 0 Å². The Hall–Kier alpha value is -1.26. The van der Waals surface area contributed by atoms with Gasteiger partial charge in [-0.05, 0) is 38.2 Å². The highest BCUT2D eigenvalue weighted by Gasteiger charge is 1.99. The van der Waals surface area contributed by atoms with Crippen LogP contribution in [0.3, 0.4) is 0 Å². The van der Waals surface area contributed by atoms with Crippen LogP contribution in [-0.4, -0.2) is 44.1 Å². The molecule has 0 fully saturated rings. The first-order valence-electron chi connectivity index (χ1n) is 7.10. The van der Waals surface area contributed by atoms with Gasteiger partial charge in [-0.15, -0.1) is 0 Å². The van der Waals surface area contributed by atoms with E-state index in [4.69, 9.17) is 11.6 Å². The van der Waals surface area contributed by atoms with Crippen molar-refractivity contribution in [1.82, 2.24) is 15.5 Å².